The molecule has 3 nitrogen and oxygen atoms in total. The Bertz CT molecular complexity index is 389. The van der Waals surface area contributed by atoms with Crippen LogP contribution in [0.3, 0.4) is 0 Å². The highest BCUT2D eigenvalue weighted by Crippen LogP contribution is 2.25. The van der Waals surface area contributed by atoms with Gasteiger partial charge in [-0.25, -0.2) is 8.78 Å². The van der Waals surface area contributed by atoms with E-state index in [2.05, 4.69) is 0 Å². The summed E-state index contributed by atoms with van der Waals surface area (Å²) in [5, 5.41) is 0. The van der Waals surface area contributed by atoms with Crippen molar-refractivity contribution in [3.05, 3.63) is 29.3 Å². The van der Waals surface area contributed by atoms with E-state index in [9.17, 15) is 8.78 Å². The van der Waals surface area contributed by atoms with Crippen LogP contribution in [0.2, 0.25) is 0 Å². The van der Waals surface area contributed by atoms with E-state index in [0.717, 1.165) is 6.42 Å². The lowest BCUT2D eigenvalue weighted by molar-refractivity contribution is 0.0862. The third-order valence-electron chi connectivity index (χ3n) is 2.80. The minimum Gasteiger partial charge on any atom is -0.482 e. The zero-order valence-electron chi connectivity index (χ0n) is 11.6. The summed E-state index contributed by atoms with van der Waals surface area (Å²) in [5.74, 6) is -1.78. The molecule has 5 heteroatoms. The summed E-state index contributed by atoms with van der Waals surface area (Å²) in [7, 11) is 1.50. The van der Waals surface area contributed by atoms with Crippen LogP contribution in [-0.2, 0) is 11.2 Å². The van der Waals surface area contributed by atoms with Crippen molar-refractivity contribution in [2.45, 2.75) is 38.8 Å². The van der Waals surface area contributed by atoms with Crippen molar-refractivity contribution < 1.29 is 18.3 Å². The molecule has 0 amide bonds. The molecule has 1 aromatic carbocycles. The molecule has 0 heterocycles. The van der Waals surface area contributed by atoms with E-state index in [-0.39, 0.29) is 18.4 Å². The highest BCUT2D eigenvalue weighted by atomic mass is 19.1. The summed E-state index contributed by atoms with van der Waals surface area (Å²) in [6, 6.07) is 2.44. The SMILES string of the molecule is CCC(N)Cc1cc(F)c(OC(C)COC)c(F)c1. The van der Waals surface area contributed by atoms with Gasteiger partial charge in [-0.1, -0.05) is 6.92 Å². The molecule has 0 radical (unpaired) electrons. The Labute approximate surface area is 112 Å². The van der Waals surface area contributed by atoms with Crippen molar-refractivity contribution >= 4 is 0 Å². The van der Waals surface area contributed by atoms with Crippen LogP contribution in [-0.4, -0.2) is 25.9 Å². The number of benzene rings is 1. The minimum atomic E-state index is -0.707. The molecule has 0 aliphatic carbocycles. The molecule has 1 rings (SSSR count). The molecule has 108 valence electrons. The van der Waals surface area contributed by atoms with Gasteiger partial charge >= 0.3 is 0 Å². The van der Waals surface area contributed by atoms with Gasteiger partial charge in [0.05, 0.1) is 6.61 Å². The standard InChI is InChI=1S/C14H21F2NO2/c1-4-11(17)5-10-6-12(15)14(13(16)7-10)19-9(2)8-18-3/h6-7,9,11H,4-5,8,17H2,1-3H3. The number of methoxy groups -OCH3 is 1. The summed E-state index contributed by atoms with van der Waals surface area (Å²) in [6.07, 6.45) is 0.780. The number of hydrogen-bond acceptors (Lipinski definition) is 3. The van der Waals surface area contributed by atoms with Gasteiger partial charge in [-0.2, -0.15) is 0 Å². The van der Waals surface area contributed by atoms with Crippen LogP contribution < -0.4 is 10.5 Å². The van der Waals surface area contributed by atoms with Gasteiger partial charge in [0, 0.05) is 13.2 Å². The Morgan fingerprint density at radius 1 is 1.26 bits per heavy atom. The van der Waals surface area contributed by atoms with Crippen LogP contribution in [0, 0.1) is 11.6 Å². The van der Waals surface area contributed by atoms with E-state index in [1.165, 1.54) is 19.2 Å². The van der Waals surface area contributed by atoms with Gasteiger partial charge in [0.15, 0.2) is 17.4 Å². The third kappa shape index (κ3) is 4.76. The second-order valence-corrected chi connectivity index (χ2v) is 4.64. The molecule has 0 aromatic heterocycles. The fraction of sp³-hybridized carbons (Fsp3) is 0.571. The van der Waals surface area contributed by atoms with Crippen molar-refractivity contribution in [3.8, 4) is 5.75 Å². The molecule has 0 spiro atoms. The predicted molar refractivity (Wildman–Crippen MR) is 70.3 cm³/mol. The van der Waals surface area contributed by atoms with E-state index in [0.29, 0.717) is 12.0 Å². The van der Waals surface area contributed by atoms with Crippen molar-refractivity contribution in [1.29, 1.82) is 0 Å². The maximum absolute atomic E-state index is 13.8. The fourth-order valence-corrected chi connectivity index (χ4v) is 1.76. The van der Waals surface area contributed by atoms with Crippen molar-refractivity contribution in [3.63, 3.8) is 0 Å². The molecule has 0 fully saturated rings. The van der Waals surface area contributed by atoms with E-state index >= 15 is 0 Å². The van der Waals surface area contributed by atoms with Gasteiger partial charge in [-0.3, -0.25) is 0 Å². The maximum Gasteiger partial charge on any atom is 0.191 e. The van der Waals surface area contributed by atoms with Crippen LogP contribution >= 0.6 is 0 Å². The Kier molecular flexibility index (Phi) is 6.18. The lowest BCUT2D eigenvalue weighted by Crippen LogP contribution is -2.22. The molecule has 1 aromatic rings. The quantitative estimate of drug-likeness (QED) is 0.830. The molecule has 2 unspecified atom stereocenters. The Hall–Kier alpha value is -1.20. The van der Waals surface area contributed by atoms with Crippen molar-refractivity contribution in [1.82, 2.24) is 0 Å². The summed E-state index contributed by atoms with van der Waals surface area (Å²) in [4.78, 5) is 0. The molecule has 0 aliphatic rings. The Morgan fingerprint density at radius 2 is 1.84 bits per heavy atom. The van der Waals surface area contributed by atoms with Gasteiger partial charge in [0.25, 0.3) is 0 Å². The van der Waals surface area contributed by atoms with Crippen LogP contribution in [0.25, 0.3) is 0 Å². The fourth-order valence-electron chi connectivity index (χ4n) is 1.76. The molecule has 0 saturated heterocycles. The van der Waals surface area contributed by atoms with Crippen LogP contribution in [0.15, 0.2) is 12.1 Å². The Morgan fingerprint density at radius 3 is 2.32 bits per heavy atom. The van der Waals surface area contributed by atoms with E-state index in [4.69, 9.17) is 15.2 Å². The summed E-state index contributed by atoms with van der Waals surface area (Å²) < 4.78 is 37.7. The van der Waals surface area contributed by atoms with E-state index < -0.39 is 17.7 Å². The molecule has 19 heavy (non-hydrogen) atoms. The minimum absolute atomic E-state index is 0.0991. The van der Waals surface area contributed by atoms with Crippen LogP contribution in [0.4, 0.5) is 8.78 Å². The van der Waals surface area contributed by atoms with Crippen LogP contribution in [0.1, 0.15) is 25.8 Å². The highest BCUT2D eigenvalue weighted by Gasteiger charge is 2.16. The van der Waals surface area contributed by atoms with Gasteiger partial charge < -0.3 is 15.2 Å². The zero-order valence-corrected chi connectivity index (χ0v) is 11.6. The van der Waals surface area contributed by atoms with E-state index in [1.807, 2.05) is 6.92 Å². The first-order valence-corrected chi connectivity index (χ1v) is 6.37. The third-order valence-corrected chi connectivity index (χ3v) is 2.80. The van der Waals surface area contributed by atoms with Gasteiger partial charge in [0.1, 0.15) is 6.10 Å². The second kappa shape index (κ2) is 7.40. The average molecular weight is 273 g/mol. The number of rotatable bonds is 7. The number of halogens is 2. The monoisotopic (exact) mass is 273 g/mol. The lowest BCUT2D eigenvalue weighted by Gasteiger charge is -2.16. The summed E-state index contributed by atoms with van der Waals surface area (Å²) in [5.41, 5.74) is 6.31. The topological polar surface area (TPSA) is 44.5 Å². The van der Waals surface area contributed by atoms with Crippen molar-refractivity contribution in [2.75, 3.05) is 13.7 Å². The largest absolute Gasteiger partial charge is 0.482 e. The predicted octanol–water partition coefficient (Wildman–Crippen LogP) is 2.66. The van der Waals surface area contributed by atoms with Gasteiger partial charge in [-0.15, -0.1) is 0 Å². The normalized spacial score (nSPS) is 14.2. The summed E-state index contributed by atoms with van der Waals surface area (Å²) >= 11 is 0. The van der Waals surface area contributed by atoms with Gasteiger partial charge in [0.2, 0.25) is 0 Å². The lowest BCUT2D eigenvalue weighted by atomic mass is 10.0. The number of nitrogens with two attached hydrogens (primary N) is 1. The zero-order chi connectivity index (χ0) is 14.4. The molecule has 0 bridgehead atoms. The van der Waals surface area contributed by atoms with Crippen LogP contribution in [0.5, 0.6) is 5.75 Å². The second-order valence-electron chi connectivity index (χ2n) is 4.64. The smallest absolute Gasteiger partial charge is 0.191 e. The van der Waals surface area contributed by atoms with E-state index in [1.54, 1.807) is 6.92 Å². The first-order valence-electron chi connectivity index (χ1n) is 6.37. The van der Waals surface area contributed by atoms with Crippen molar-refractivity contribution in [2.24, 2.45) is 5.73 Å². The molecule has 2 atom stereocenters. The summed E-state index contributed by atoms with van der Waals surface area (Å²) in [6.45, 7) is 3.88. The molecular formula is C14H21F2NO2. The average Bonchev–Trinajstić information content (AvgIpc) is 2.34. The number of hydrogen-bond donors (Lipinski definition) is 1. The molecular weight excluding hydrogens is 252 g/mol. The molecule has 0 aliphatic heterocycles. The highest BCUT2D eigenvalue weighted by molar-refractivity contribution is 5.32. The maximum atomic E-state index is 13.8. The van der Waals surface area contributed by atoms with Gasteiger partial charge in [-0.05, 0) is 37.5 Å². The molecule has 0 saturated carbocycles. The number of ether oxygens (including phenoxy) is 2. The first-order chi connectivity index (χ1) is 8.97. The first kappa shape index (κ1) is 15.9. The molecule has 2 N–H and O–H groups in total. The Balaban J connectivity index is 2.85.